The molecule has 4 aliphatic rings. The van der Waals surface area contributed by atoms with E-state index in [-0.39, 0.29) is 40.5 Å². The van der Waals surface area contributed by atoms with E-state index in [1.165, 1.54) is 0 Å². The largest absolute Gasteiger partial charge is 0.309 e. The van der Waals surface area contributed by atoms with Gasteiger partial charge in [0.1, 0.15) is 12.3 Å². The van der Waals surface area contributed by atoms with Crippen LogP contribution in [0.15, 0.2) is 0 Å². The van der Waals surface area contributed by atoms with Gasteiger partial charge in [0.05, 0.1) is 26.7 Å². The maximum atomic E-state index is 12.5. The van der Waals surface area contributed by atoms with Gasteiger partial charge >= 0.3 is 0 Å². The first-order valence-corrected chi connectivity index (χ1v) is 14.3. The molecule has 2 N–H and O–H groups in total. The maximum absolute atomic E-state index is 12.5. The van der Waals surface area contributed by atoms with Gasteiger partial charge in [-0.2, -0.15) is 0 Å². The van der Waals surface area contributed by atoms with E-state index in [0.717, 1.165) is 51.8 Å². The van der Waals surface area contributed by atoms with Crippen molar-refractivity contribution in [1.29, 1.82) is 0 Å². The Morgan fingerprint density at radius 3 is 1.18 bits per heavy atom. The molecule has 4 aliphatic heterocycles. The smallest absolute Gasteiger partial charge is 0.212 e. The summed E-state index contributed by atoms with van der Waals surface area (Å²) >= 11 is 0. The Kier molecular flexibility index (Phi) is 8.02. The third-order valence-corrected chi connectivity index (χ3v) is 8.99. The van der Waals surface area contributed by atoms with E-state index in [1.54, 1.807) is 0 Å². The highest BCUT2D eigenvalue weighted by molar-refractivity contribution is 5.53. The second kappa shape index (κ2) is 10.3. The third-order valence-electron chi connectivity index (χ3n) is 8.99. The lowest BCUT2D eigenvalue weighted by Crippen LogP contribution is -2.75. The highest BCUT2D eigenvalue weighted by atomic mass is 16.2. The highest BCUT2D eigenvalue weighted by Gasteiger charge is 2.49. The predicted molar refractivity (Wildman–Crippen MR) is 151 cm³/mol. The lowest BCUT2D eigenvalue weighted by molar-refractivity contribution is -0.188. The molecular formula is C28H54N8O2. The summed E-state index contributed by atoms with van der Waals surface area (Å²) in [7, 11) is 4.25. The van der Waals surface area contributed by atoms with Crippen LogP contribution in [0.5, 0.6) is 0 Å². The quantitative estimate of drug-likeness (QED) is 0.514. The molecule has 0 bridgehead atoms. The van der Waals surface area contributed by atoms with Gasteiger partial charge in [-0.1, -0.05) is 0 Å². The van der Waals surface area contributed by atoms with Crippen LogP contribution in [0, 0.1) is 0 Å². The van der Waals surface area contributed by atoms with Crippen molar-refractivity contribution < 1.29 is 9.59 Å². The van der Waals surface area contributed by atoms with Gasteiger partial charge in [-0.05, 0) is 95.2 Å². The summed E-state index contributed by atoms with van der Waals surface area (Å²) in [5.41, 5.74) is 0.139. The van der Waals surface area contributed by atoms with Crippen molar-refractivity contribution >= 4 is 12.8 Å². The van der Waals surface area contributed by atoms with Crippen molar-refractivity contribution in [2.75, 3.05) is 40.8 Å². The van der Waals surface area contributed by atoms with Crippen LogP contribution in [0.2, 0.25) is 0 Å². The molecular weight excluding hydrogens is 480 g/mol. The molecule has 0 aromatic carbocycles. The average molecular weight is 535 g/mol. The molecule has 0 saturated carbocycles. The van der Waals surface area contributed by atoms with Crippen LogP contribution < -0.4 is 10.6 Å². The Morgan fingerprint density at radius 2 is 0.868 bits per heavy atom. The van der Waals surface area contributed by atoms with Gasteiger partial charge in [0.2, 0.25) is 12.8 Å². The molecule has 0 aromatic heterocycles. The highest BCUT2D eigenvalue weighted by Crippen LogP contribution is 2.36. The number of nitrogens with one attached hydrogen (secondary N) is 2. The van der Waals surface area contributed by atoms with Gasteiger partial charge in [-0.25, -0.2) is 0 Å². The third kappa shape index (κ3) is 6.36. The minimum atomic E-state index is -0.331. The zero-order chi connectivity index (χ0) is 28.3. The second-order valence-corrected chi connectivity index (χ2v) is 15.2. The van der Waals surface area contributed by atoms with E-state index in [0.29, 0.717) is 19.4 Å². The summed E-state index contributed by atoms with van der Waals surface area (Å²) in [4.78, 5) is 38.2. The van der Waals surface area contributed by atoms with E-state index in [4.69, 9.17) is 0 Å². The lowest BCUT2D eigenvalue weighted by atomic mass is 9.79. The van der Waals surface area contributed by atoms with Crippen LogP contribution in [0.3, 0.4) is 0 Å². The Balaban J connectivity index is 1.50. The number of amides is 2. The molecule has 4 heterocycles. The number of hydrogen-bond acceptors (Lipinski definition) is 8. The fraction of sp³-hybridized carbons (Fsp3) is 0.929. The maximum Gasteiger partial charge on any atom is 0.212 e. The molecule has 38 heavy (non-hydrogen) atoms. The molecule has 2 amide bonds. The van der Waals surface area contributed by atoms with Crippen LogP contribution in [-0.4, -0.2) is 130 Å². The summed E-state index contributed by atoms with van der Waals surface area (Å²) in [5, 5.41) is 7.55. The molecule has 0 spiro atoms. The molecule has 0 atom stereocenters. The standard InChI is InChI=1S/C28H54N8O2/c1-25(2)11-21(12-26(3,4)29-25)33-15-31(9)23(32(10)16-33)24-35(19-37)17-34(18-36(24)20-38)22-13-27(5,6)30-28(7,8)14-22/h19-24,29-30H,11-18H2,1-10H3. The van der Waals surface area contributed by atoms with Gasteiger partial charge < -0.3 is 20.4 Å². The summed E-state index contributed by atoms with van der Waals surface area (Å²) < 4.78 is 0. The van der Waals surface area contributed by atoms with E-state index >= 15 is 0 Å². The Bertz CT molecular complexity index is 815. The first-order chi connectivity index (χ1) is 17.4. The van der Waals surface area contributed by atoms with Crippen LogP contribution in [0.25, 0.3) is 0 Å². The summed E-state index contributed by atoms with van der Waals surface area (Å²) in [5.74, 6) is 0. The molecule has 218 valence electrons. The summed E-state index contributed by atoms with van der Waals surface area (Å²) in [6.07, 6.45) is 5.60. The fourth-order valence-electron chi connectivity index (χ4n) is 8.45. The van der Waals surface area contributed by atoms with Crippen LogP contribution >= 0.6 is 0 Å². The predicted octanol–water partition coefficient (Wildman–Crippen LogP) is 1.50. The molecule has 0 aromatic rings. The molecule has 4 rings (SSSR count). The number of hydrogen-bond donors (Lipinski definition) is 2. The first-order valence-electron chi connectivity index (χ1n) is 14.3. The molecule has 0 aliphatic carbocycles. The Morgan fingerprint density at radius 1 is 0.553 bits per heavy atom. The topological polar surface area (TPSA) is 77.6 Å². The minimum Gasteiger partial charge on any atom is -0.309 e. The van der Waals surface area contributed by atoms with Crippen LogP contribution in [0.1, 0.15) is 81.1 Å². The van der Waals surface area contributed by atoms with Crippen molar-refractivity contribution in [3.8, 4) is 0 Å². The summed E-state index contributed by atoms with van der Waals surface area (Å²) in [6, 6.07) is 0.751. The van der Waals surface area contributed by atoms with Crippen molar-refractivity contribution in [1.82, 2.24) is 40.0 Å². The molecule has 0 unspecified atom stereocenters. The molecule has 4 fully saturated rings. The number of carbonyl (C=O) groups is 2. The Labute approximate surface area is 231 Å². The van der Waals surface area contributed by atoms with Gasteiger partial charge in [0.15, 0.2) is 0 Å². The van der Waals surface area contributed by atoms with Crippen LogP contribution in [0.4, 0.5) is 0 Å². The lowest BCUT2D eigenvalue weighted by Gasteiger charge is -2.59. The monoisotopic (exact) mass is 534 g/mol. The van der Waals surface area contributed by atoms with Gasteiger partial charge in [0, 0.05) is 34.2 Å². The molecule has 10 nitrogen and oxygen atoms in total. The van der Waals surface area contributed by atoms with E-state index < -0.39 is 0 Å². The van der Waals surface area contributed by atoms with Crippen molar-refractivity contribution in [2.45, 2.75) is 128 Å². The molecule has 0 radical (unpaired) electrons. The number of likely N-dealkylation sites (N-methyl/N-ethyl adjacent to an activating group) is 2. The summed E-state index contributed by atoms with van der Waals surface area (Å²) in [6.45, 7) is 20.8. The normalized spacial score (nSPS) is 31.0. The van der Waals surface area contributed by atoms with Gasteiger partial charge in [-0.15, -0.1) is 0 Å². The van der Waals surface area contributed by atoms with Gasteiger partial charge in [-0.3, -0.25) is 29.2 Å². The molecule has 4 saturated heterocycles. The van der Waals surface area contributed by atoms with Gasteiger partial charge in [0.25, 0.3) is 0 Å². The van der Waals surface area contributed by atoms with E-state index in [9.17, 15) is 9.59 Å². The average Bonchev–Trinajstić information content (AvgIpc) is 2.74. The number of rotatable bonds is 5. The number of carbonyl (C=O) groups excluding carboxylic acids is 2. The minimum absolute atomic E-state index is 0.00762. The van der Waals surface area contributed by atoms with Crippen LogP contribution in [-0.2, 0) is 9.59 Å². The Hall–Kier alpha value is -1.30. The number of nitrogens with zero attached hydrogens (tertiary/aromatic N) is 6. The van der Waals surface area contributed by atoms with Crippen molar-refractivity contribution in [3.63, 3.8) is 0 Å². The first kappa shape index (κ1) is 29.7. The second-order valence-electron chi connectivity index (χ2n) is 15.2. The zero-order valence-electron chi connectivity index (χ0n) is 25.6. The van der Waals surface area contributed by atoms with Crippen molar-refractivity contribution in [3.05, 3.63) is 0 Å². The zero-order valence-corrected chi connectivity index (χ0v) is 25.6. The van der Waals surface area contributed by atoms with E-state index in [2.05, 4.69) is 99.7 Å². The fourth-order valence-corrected chi connectivity index (χ4v) is 8.45. The van der Waals surface area contributed by atoms with E-state index in [1.807, 2.05) is 9.80 Å². The number of piperidine rings is 2. The SMILES string of the molecule is CN1CN(C2CC(C)(C)NC(C)(C)C2)CN(C)C1C1N(C=O)CN(C2CC(C)(C)NC(C)(C)C2)CN1C=O. The van der Waals surface area contributed by atoms with Crippen molar-refractivity contribution in [2.24, 2.45) is 0 Å². The molecule has 10 heteroatoms.